The monoisotopic (exact) mass is 505 g/mol. The molecule has 14 nitrogen and oxygen atoms in total. The molecule has 0 fully saturated rings. The maximum atomic E-state index is 12.8. The smallest absolute Gasteiger partial charge is 0.326 e. The first-order valence-corrected chi connectivity index (χ1v) is 12.0. The van der Waals surface area contributed by atoms with Crippen LogP contribution in [0.1, 0.15) is 38.5 Å². The summed E-state index contributed by atoms with van der Waals surface area (Å²) in [4.78, 5) is 71.6. The van der Waals surface area contributed by atoms with Crippen LogP contribution in [0.3, 0.4) is 0 Å². The van der Waals surface area contributed by atoms with E-state index in [1.165, 1.54) is 11.8 Å². The second-order valence-electron chi connectivity index (χ2n) is 7.54. The molecule has 0 bridgehead atoms. The van der Waals surface area contributed by atoms with E-state index < -0.39 is 72.5 Å². The van der Waals surface area contributed by atoms with Crippen LogP contribution < -0.4 is 38.9 Å². The highest BCUT2D eigenvalue weighted by Crippen LogP contribution is 2.05. The van der Waals surface area contributed by atoms with Gasteiger partial charge in [-0.1, -0.05) is 6.42 Å². The zero-order valence-corrected chi connectivity index (χ0v) is 19.9. The normalized spacial score (nSPS) is 14.2. The van der Waals surface area contributed by atoms with Gasteiger partial charge in [-0.2, -0.15) is 11.8 Å². The minimum atomic E-state index is -1.59. The molecule has 0 aliphatic rings. The van der Waals surface area contributed by atoms with Gasteiger partial charge in [0, 0.05) is 0 Å². The van der Waals surface area contributed by atoms with Crippen molar-refractivity contribution in [1.29, 1.82) is 0 Å². The lowest BCUT2D eigenvalue weighted by Gasteiger charge is -2.24. The maximum Gasteiger partial charge on any atom is 0.326 e. The maximum absolute atomic E-state index is 12.8. The van der Waals surface area contributed by atoms with Crippen molar-refractivity contribution in [3.8, 4) is 0 Å². The molecule has 0 aromatic rings. The van der Waals surface area contributed by atoms with E-state index in [1.54, 1.807) is 6.26 Å². The number of aliphatic carboxylic acids is 1. The first-order chi connectivity index (χ1) is 15.9. The number of carboxylic acid groups (broad SMARTS) is 1. The molecule has 12 N–H and O–H groups in total. The Morgan fingerprint density at radius 3 is 1.79 bits per heavy atom. The molecule has 15 heteroatoms. The molecule has 0 saturated heterocycles. The van der Waals surface area contributed by atoms with Crippen molar-refractivity contribution < 1.29 is 33.9 Å². The second kappa shape index (κ2) is 16.7. The van der Waals surface area contributed by atoms with E-state index in [1.807, 2.05) is 0 Å². The third-order valence-electron chi connectivity index (χ3n) is 4.61. The Hall–Kier alpha value is -2.91. The van der Waals surface area contributed by atoms with E-state index in [9.17, 15) is 33.9 Å². The second-order valence-corrected chi connectivity index (χ2v) is 8.52. The van der Waals surface area contributed by atoms with Gasteiger partial charge < -0.3 is 44.0 Å². The van der Waals surface area contributed by atoms with E-state index in [2.05, 4.69) is 16.0 Å². The van der Waals surface area contributed by atoms with Crippen LogP contribution in [0.15, 0.2) is 0 Å². The summed E-state index contributed by atoms with van der Waals surface area (Å²) in [5.74, 6) is -5.34. The topological polar surface area (TPSA) is 263 Å². The number of thioether (sulfide) groups is 1. The molecule has 34 heavy (non-hydrogen) atoms. The van der Waals surface area contributed by atoms with Crippen LogP contribution in [0, 0.1) is 0 Å². The minimum Gasteiger partial charge on any atom is -0.480 e. The van der Waals surface area contributed by atoms with E-state index in [0.29, 0.717) is 31.6 Å². The van der Waals surface area contributed by atoms with Crippen molar-refractivity contribution >= 4 is 47.3 Å². The average Bonchev–Trinajstić information content (AvgIpc) is 2.74. The standard InChI is InChI=1S/C19H35N7O7S/c1-34-7-5-11(17(30)26-13(19(32)33)9-15(23)28)24-18(31)12(8-14(22)27)25-16(29)10(21)4-2-3-6-20/h10-13H,2-9,20-21H2,1H3,(H2,22,27)(H2,23,28)(H,24,31)(H,25,29)(H,26,30)(H,32,33). The summed E-state index contributed by atoms with van der Waals surface area (Å²) in [6, 6.07) is -5.17. The number of hydrogen-bond donors (Lipinski definition) is 8. The molecule has 4 unspecified atom stereocenters. The highest BCUT2D eigenvalue weighted by molar-refractivity contribution is 7.98. The van der Waals surface area contributed by atoms with Crippen LogP contribution in [0.25, 0.3) is 0 Å². The summed E-state index contributed by atoms with van der Waals surface area (Å²) >= 11 is 1.36. The molecule has 0 heterocycles. The van der Waals surface area contributed by atoms with Gasteiger partial charge in [-0.3, -0.25) is 24.0 Å². The van der Waals surface area contributed by atoms with Gasteiger partial charge >= 0.3 is 5.97 Å². The number of rotatable bonds is 18. The quantitative estimate of drug-likeness (QED) is 0.0851. The van der Waals surface area contributed by atoms with Crippen molar-refractivity contribution in [2.24, 2.45) is 22.9 Å². The van der Waals surface area contributed by atoms with Gasteiger partial charge in [0.25, 0.3) is 0 Å². The summed E-state index contributed by atoms with van der Waals surface area (Å²) in [5, 5.41) is 16.1. The van der Waals surface area contributed by atoms with Crippen LogP contribution in [0.5, 0.6) is 0 Å². The van der Waals surface area contributed by atoms with Crippen molar-refractivity contribution in [3.05, 3.63) is 0 Å². The first kappa shape index (κ1) is 31.1. The first-order valence-electron chi connectivity index (χ1n) is 10.6. The van der Waals surface area contributed by atoms with E-state index in [4.69, 9.17) is 22.9 Å². The fourth-order valence-corrected chi connectivity index (χ4v) is 3.25. The van der Waals surface area contributed by atoms with E-state index >= 15 is 0 Å². The zero-order chi connectivity index (χ0) is 26.3. The molecule has 4 atom stereocenters. The summed E-state index contributed by atoms with van der Waals surface area (Å²) in [7, 11) is 0. The highest BCUT2D eigenvalue weighted by Gasteiger charge is 2.31. The van der Waals surface area contributed by atoms with Gasteiger partial charge in [0.2, 0.25) is 29.5 Å². The number of hydrogen-bond acceptors (Lipinski definition) is 9. The van der Waals surface area contributed by atoms with Crippen LogP contribution in [0.2, 0.25) is 0 Å². The molecule has 0 aromatic carbocycles. The number of primary amides is 2. The Labute approximate surface area is 201 Å². The van der Waals surface area contributed by atoms with E-state index in [-0.39, 0.29) is 6.42 Å². The number of unbranched alkanes of at least 4 members (excludes halogenated alkanes) is 1. The molecule has 5 amide bonds. The Balaban J connectivity index is 5.42. The molecule has 194 valence electrons. The Morgan fingerprint density at radius 2 is 1.29 bits per heavy atom. The fraction of sp³-hybridized carbons (Fsp3) is 0.684. The van der Waals surface area contributed by atoms with Crippen LogP contribution in [-0.2, 0) is 28.8 Å². The number of amides is 5. The zero-order valence-electron chi connectivity index (χ0n) is 19.1. The Morgan fingerprint density at radius 1 is 0.794 bits per heavy atom. The number of carbonyl (C=O) groups is 6. The van der Waals surface area contributed by atoms with Crippen molar-refractivity contribution in [2.75, 3.05) is 18.6 Å². The van der Waals surface area contributed by atoms with E-state index in [0.717, 1.165) is 0 Å². The predicted octanol–water partition coefficient (Wildman–Crippen LogP) is -3.51. The summed E-state index contributed by atoms with van der Waals surface area (Å²) in [5.41, 5.74) is 21.4. The lowest BCUT2D eigenvalue weighted by Crippen LogP contribution is -2.58. The molecule has 0 spiro atoms. The highest BCUT2D eigenvalue weighted by atomic mass is 32.2. The van der Waals surface area contributed by atoms with Gasteiger partial charge in [0.05, 0.1) is 18.9 Å². The fourth-order valence-electron chi connectivity index (χ4n) is 2.78. The summed E-state index contributed by atoms with van der Waals surface area (Å²) in [6.07, 6.45) is 2.21. The third kappa shape index (κ3) is 13.0. The molecular formula is C19H35N7O7S. The molecule has 0 aromatic heterocycles. The lowest BCUT2D eigenvalue weighted by atomic mass is 10.1. The van der Waals surface area contributed by atoms with Crippen LogP contribution in [0.4, 0.5) is 0 Å². The van der Waals surface area contributed by atoms with Crippen LogP contribution >= 0.6 is 11.8 Å². The lowest BCUT2D eigenvalue weighted by molar-refractivity contribution is -0.143. The number of carbonyl (C=O) groups excluding carboxylic acids is 5. The van der Waals surface area contributed by atoms with Crippen LogP contribution in [-0.4, -0.2) is 83.3 Å². The number of carboxylic acids is 1. The van der Waals surface area contributed by atoms with Crippen molar-refractivity contribution in [1.82, 2.24) is 16.0 Å². The number of nitrogens with one attached hydrogen (secondary N) is 3. The SMILES string of the molecule is CSCCC(NC(=O)C(CC(N)=O)NC(=O)C(N)CCCCN)C(=O)NC(CC(N)=O)C(=O)O. The van der Waals surface area contributed by atoms with Gasteiger partial charge in [-0.05, 0) is 37.8 Å². The molecular weight excluding hydrogens is 470 g/mol. The largest absolute Gasteiger partial charge is 0.480 e. The van der Waals surface area contributed by atoms with Gasteiger partial charge in [0.15, 0.2) is 0 Å². The predicted molar refractivity (Wildman–Crippen MR) is 125 cm³/mol. The van der Waals surface area contributed by atoms with Crippen molar-refractivity contribution in [2.45, 2.75) is 62.7 Å². The molecule has 0 aliphatic heterocycles. The van der Waals surface area contributed by atoms with Gasteiger partial charge in [-0.25, -0.2) is 4.79 Å². The molecule has 0 radical (unpaired) electrons. The Kier molecular flexibility index (Phi) is 15.2. The van der Waals surface area contributed by atoms with Gasteiger partial charge in [0.1, 0.15) is 18.1 Å². The molecule has 0 saturated carbocycles. The number of nitrogens with two attached hydrogens (primary N) is 4. The molecule has 0 rings (SSSR count). The van der Waals surface area contributed by atoms with Gasteiger partial charge in [-0.15, -0.1) is 0 Å². The average molecular weight is 506 g/mol. The third-order valence-corrected chi connectivity index (χ3v) is 5.25. The van der Waals surface area contributed by atoms with Crippen molar-refractivity contribution in [3.63, 3.8) is 0 Å². The minimum absolute atomic E-state index is 0.0947. The molecule has 0 aliphatic carbocycles. The Bertz CT molecular complexity index is 738. The summed E-state index contributed by atoms with van der Waals surface area (Å²) < 4.78 is 0. The summed E-state index contributed by atoms with van der Waals surface area (Å²) in [6.45, 7) is 0.433.